The van der Waals surface area contributed by atoms with Crippen molar-refractivity contribution in [3.8, 4) is 0 Å². The summed E-state index contributed by atoms with van der Waals surface area (Å²) in [4.78, 5) is 38.9. The summed E-state index contributed by atoms with van der Waals surface area (Å²) in [6, 6.07) is 3.01. The molecule has 0 spiro atoms. The van der Waals surface area contributed by atoms with Crippen molar-refractivity contribution in [3.05, 3.63) is 52.3 Å². The number of carbonyl (C=O) groups excluding carboxylic acids is 3. The number of rotatable bonds is 5. The zero-order valence-electron chi connectivity index (χ0n) is 18.8. The minimum Gasteiger partial charge on any atom is -0.390 e. The van der Waals surface area contributed by atoms with Crippen LogP contribution in [0.5, 0.6) is 0 Å². The molecule has 0 atom stereocenters. The molecule has 3 N–H and O–H groups in total. The van der Waals surface area contributed by atoms with Gasteiger partial charge in [-0.05, 0) is 70.1 Å². The highest BCUT2D eigenvalue weighted by molar-refractivity contribution is 6.43. The molecule has 0 aliphatic heterocycles. The number of benzene rings is 1. The van der Waals surface area contributed by atoms with Crippen LogP contribution in [0.4, 0.5) is 14.5 Å². The highest BCUT2D eigenvalue weighted by Crippen LogP contribution is 2.46. The Kier molecular flexibility index (Phi) is 5.64. The number of amides is 2. The first-order valence-electron chi connectivity index (χ1n) is 11.0. The fraction of sp³-hybridized carbons (Fsp3) is 0.458. The number of hydrogen-bond acceptors (Lipinski definition) is 4. The molecular weight excluding hydrogens is 432 g/mol. The number of aromatic nitrogens is 1. The SMILES string of the molecule is Cc1c(C(=O)Nc2ccc(F)c(F)c2)c(C)n(C)c1C(=O)C(=O)NC12CCC(O)(CC1)CC2. The number of ketones is 1. The van der Waals surface area contributed by atoms with Crippen molar-refractivity contribution < 1.29 is 28.3 Å². The number of fused-ring (bicyclic) bond motifs is 3. The summed E-state index contributed by atoms with van der Waals surface area (Å²) in [5.41, 5.74) is 0.00496. The summed E-state index contributed by atoms with van der Waals surface area (Å²) < 4.78 is 28.2. The van der Waals surface area contributed by atoms with E-state index in [2.05, 4.69) is 10.6 Å². The Labute approximate surface area is 190 Å². The van der Waals surface area contributed by atoms with Gasteiger partial charge in [0.05, 0.1) is 16.9 Å². The molecule has 3 aliphatic carbocycles. The van der Waals surface area contributed by atoms with E-state index in [-0.39, 0.29) is 16.9 Å². The van der Waals surface area contributed by atoms with Gasteiger partial charge in [-0.2, -0.15) is 0 Å². The molecule has 3 aliphatic rings. The molecule has 33 heavy (non-hydrogen) atoms. The molecule has 3 fully saturated rings. The lowest BCUT2D eigenvalue weighted by molar-refractivity contribution is -0.124. The normalized spacial score (nSPS) is 23.9. The van der Waals surface area contributed by atoms with Crippen LogP contribution < -0.4 is 10.6 Å². The van der Waals surface area contributed by atoms with Crippen LogP contribution in [0, 0.1) is 25.5 Å². The molecule has 0 saturated heterocycles. The van der Waals surface area contributed by atoms with E-state index < -0.39 is 40.4 Å². The molecule has 1 aromatic carbocycles. The number of nitrogens with zero attached hydrogens (tertiary/aromatic N) is 1. The number of aliphatic hydroxyl groups is 1. The predicted octanol–water partition coefficient (Wildman–Crippen LogP) is 3.31. The van der Waals surface area contributed by atoms with Crippen LogP contribution in [0.1, 0.15) is 70.6 Å². The van der Waals surface area contributed by atoms with Gasteiger partial charge in [-0.3, -0.25) is 14.4 Å². The third kappa shape index (κ3) is 4.06. The lowest BCUT2D eigenvalue weighted by Crippen LogP contribution is -2.59. The van der Waals surface area contributed by atoms with Gasteiger partial charge in [0.2, 0.25) is 0 Å². The molecule has 176 valence electrons. The van der Waals surface area contributed by atoms with Crippen molar-refractivity contribution in [2.45, 2.75) is 63.5 Å². The zero-order chi connectivity index (χ0) is 24.1. The Bertz CT molecular complexity index is 1150. The first-order valence-corrected chi connectivity index (χ1v) is 11.0. The average molecular weight is 459 g/mol. The summed E-state index contributed by atoms with van der Waals surface area (Å²) >= 11 is 0. The smallest absolute Gasteiger partial charge is 0.294 e. The molecular formula is C24H27F2N3O4. The Balaban J connectivity index is 1.55. The Hall–Kier alpha value is -3.07. The monoisotopic (exact) mass is 459 g/mol. The number of carbonyl (C=O) groups is 3. The molecule has 2 amide bonds. The molecule has 0 unspecified atom stereocenters. The number of nitrogens with one attached hydrogen (secondary N) is 2. The lowest BCUT2D eigenvalue weighted by atomic mass is 9.63. The van der Waals surface area contributed by atoms with Crippen LogP contribution in [0.25, 0.3) is 0 Å². The maximum absolute atomic E-state index is 13.5. The van der Waals surface area contributed by atoms with Crippen LogP contribution in [0.2, 0.25) is 0 Å². The van der Waals surface area contributed by atoms with Crippen molar-refractivity contribution >= 4 is 23.3 Å². The standard InChI is InChI=1S/C24H27F2N3O4/c1-13-18(21(31)27-15-4-5-16(25)17(26)12-15)14(2)29(3)19(13)20(30)22(32)28-23-6-9-24(33,10-7-23)11-8-23/h4-5,12,33H,6-11H2,1-3H3,(H,27,31)(H,28,32). The van der Waals surface area contributed by atoms with Crippen LogP contribution in [-0.4, -0.2) is 38.4 Å². The molecule has 1 aromatic heterocycles. The van der Waals surface area contributed by atoms with Gasteiger partial charge in [-0.25, -0.2) is 8.78 Å². The summed E-state index contributed by atoms with van der Waals surface area (Å²) in [6.45, 7) is 3.22. The summed E-state index contributed by atoms with van der Waals surface area (Å²) in [7, 11) is 1.59. The van der Waals surface area contributed by atoms with Crippen LogP contribution in [-0.2, 0) is 11.8 Å². The second kappa shape index (κ2) is 8.06. The maximum Gasteiger partial charge on any atom is 0.294 e. The second-order valence-corrected chi connectivity index (χ2v) is 9.36. The van der Waals surface area contributed by atoms with Gasteiger partial charge in [-0.15, -0.1) is 0 Å². The topological polar surface area (TPSA) is 100 Å². The van der Waals surface area contributed by atoms with E-state index in [1.165, 1.54) is 10.6 Å². The van der Waals surface area contributed by atoms with Crippen molar-refractivity contribution in [2.75, 3.05) is 5.32 Å². The molecule has 0 radical (unpaired) electrons. The van der Waals surface area contributed by atoms with Crippen molar-refractivity contribution in [3.63, 3.8) is 0 Å². The van der Waals surface area contributed by atoms with Crippen molar-refractivity contribution in [2.24, 2.45) is 7.05 Å². The largest absolute Gasteiger partial charge is 0.390 e. The fourth-order valence-corrected chi connectivity index (χ4v) is 5.16. The van der Waals surface area contributed by atoms with Gasteiger partial charge < -0.3 is 20.3 Å². The summed E-state index contributed by atoms with van der Waals surface area (Å²) in [5, 5.41) is 15.8. The summed E-state index contributed by atoms with van der Waals surface area (Å²) in [5.74, 6) is -4.20. The quantitative estimate of drug-likeness (QED) is 0.472. The van der Waals surface area contributed by atoms with E-state index in [0.29, 0.717) is 49.8 Å². The van der Waals surface area contributed by atoms with E-state index in [1.54, 1.807) is 20.9 Å². The van der Waals surface area contributed by atoms with Gasteiger partial charge in [0, 0.05) is 30.0 Å². The third-order valence-corrected chi connectivity index (χ3v) is 7.34. The lowest BCUT2D eigenvalue weighted by Gasteiger charge is -2.51. The Morgan fingerprint density at radius 3 is 2.18 bits per heavy atom. The van der Waals surface area contributed by atoms with Gasteiger partial charge in [-0.1, -0.05) is 0 Å². The maximum atomic E-state index is 13.5. The van der Waals surface area contributed by atoms with Crippen LogP contribution in [0.3, 0.4) is 0 Å². The van der Waals surface area contributed by atoms with E-state index in [9.17, 15) is 28.3 Å². The molecule has 2 aromatic rings. The molecule has 3 saturated carbocycles. The third-order valence-electron chi connectivity index (χ3n) is 7.34. The van der Waals surface area contributed by atoms with Crippen LogP contribution >= 0.6 is 0 Å². The van der Waals surface area contributed by atoms with E-state index in [0.717, 1.165) is 12.1 Å². The van der Waals surface area contributed by atoms with Gasteiger partial charge in [0.25, 0.3) is 17.6 Å². The van der Waals surface area contributed by atoms with E-state index in [4.69, 9.17) is 0 Å². The van der Waals surface area contributed by atoms with E-state index >= 15 is 0 Å². The van der Waals surface area contributed by atoms with Crippen molar-refractivity contribution in [1.82, 2.24) is 9.88 Å². The Morgan fingerprint density at radius 2 is 1.61 bits per heavy atom. The summed E-state index contributed by atoms with van der Waals surface area (Å²) in [6.07, 6.45) is 3.65. The molecule has 9 heteroatoms. The minimum atomic E-state index is -1.09. The minimum absolute atomic E-state index is 0.0702. The Morgan fingerprint density at radius 1 is 1.00 bits per heavy atom. The van der Waals surface area contributed by atoms with E-state index in [1.807, 2.05) is 0 Å². The van der Waals surface area contributed by atoms with Gasteiger partial charge in [0.1, 0.15) is 0 Å². The highest BCUT2D eigenvalue weighted by atomic mass is 19.2. The number of Topliss-reactive ketones (excluding diaryl/α,β-unsaturated/α-hetero) is 1. The molecule has 5 rings (SSSR count). The number of halogens is 2. The fourth-order valence-electron chi connectivity index (χ4n) is 5.16. The molecule has 7 nitrogen and oxygen atoms in total. The van der Waals surface area contributed by atoms with Gasteiger partial charge in [0.15, 0.2) is 11.6 Å². The molecule has 2 bridgehead atoms. The first kappa shape index (κ1) is 23.1. The van der Waals surface area contributed by atoms with Crippen molar-refractivity contribution in [1.29, 1.82) is 0 Å². The molecule has 1 heterocycles. The number of hydrogen-bond donors (Lipinski definition) is 3. The highest BCUT2D eigenvalue weighted by Gasteiger charge is 2.49. The van der Waals surface area contributed by atoms with Crippen LogP contribution in [0.15, 0.2) is 18.2 Å². The average Bonchev–Trinajstić information content (AvgIpc) is 2.99. The second-order valence-electron chi connectivity index (χ2n) is 9.36. The first-order chi connectivity index (χ1) is 15.5. The predicted molar refractivity (Wildman–Crippen MR) is 117 cm³/mol. The zero-order valence-corrected chi connectivity index (χ0v) is 18.8. The number of anilines is 1. The van der Waals surface area contributed by atoms with Gasteiger partial charge >= 0.3 is 0 Å².